The number of rotatable bonds is 18. The monoisotopic (exact) mass is 1070 g/mol. The molecular weight excluding hydrogens is 1030 g/mol. The molecule has 0 aliphatic rings. The topological polar surface area (TPSA) is 330 Å². The molecule has 0 unspecified atom stereocenters. The van der Waals surface area contributed by atoms with Crippen LogP contribution in [0.4, 0.5) is 33.6 Å². The SMILES string of the molecule is COc1ccc2nc3c(C#N)c(C)c(N=Nc4cc(C)c(N=Nc5cc(C)c(N=Nc6nc7c(S(=O)(=O)O)cc8ccccc8c7s6)cc5SCCCS(=O)(=O)O)cc4OCCCS(=O)(=O)O)c(O)n3c2c1. The first kappa shape index (κ1) is 51.3. The second-order valence-electron chi connectivity index (χ2n) is 15.9. The lowest BCUT2D eigenvalue weighted by molar-refractivity contribution is 0.317. The van der Waals surface area contributed by atoms with Crippen LogP contribution in [0.2, 0.25) is 0 Å². The minimum atomic E-state index is -4.66. The summed E-state index contributed by atoms with van der Waals surface area (Å²) in [7, 11) is -11.7. The largest absolute Gasteiger partial charge is 0.497 e. The number of fused-ring (bicyclic) bond motifs is 6. The highest BCUT2D eigenvalue weighted by molar-refractivity contribution is 7.99. The number of aryl methyl sites for hydroxylation is 2. The van der Waals surface area contributed by atoms with E-state index < -0.39 is 41.9 Å². The molecule has 72 heavy (non-hydrogen) atoms. The molecule has 3 aromatic heterocycles. The number of methoxy groups -OCH3 is 1. The summed E-state index contributed by atoms with van der Waals surface area (Å²) in [4.78, 5) is 9.04. The molecule has 27 heteroatoms. The van der Waals surface area contributed by atoms with E-state index >= 15 is 0 Å². The van der Waals surface area contributed by atoms with Gasteiger partial charge in [-0.1, -0.05) is 35.6 Å². The third-order valence-electron chi connectivity index (χ3n) is 10.9. The predicted octanol–water partition coefficient (Wildman–Crippen LogP) is 11.3. The van der Waals surface area contributed by atoms with E-state index in [2.05, 4.69) is 46.7 Å². The van der Waals surface area contributed by atoms with Gasteiger partial charge in [0.2, 0.25) is 11.0 Å². The zero-order chi connectivity index (χ0) is 51.7. The van der Waals surface area contributed by atoms with Crippen LogP contribution in [-0.2, 0) is 30.4 Å². The van der Waals surface area contributed by atoms with Crippen LogP contribution in [-0.4, -0.2) is 89.4 Å². The third kappa shape index (κ3) is 11.3. The minimum Gasteiger partial charge on any atom is -0.497 e. The zero-order valence-corrected chi connectivity index (χ0v) is 42.3. The van der Waals surface area contributed by atoms with E-state index in [1.807, 2.05) is 0 Å². The summed E-state index contributed by atoms with van der Waals surface area (Å²) >= 11 is 2.28. The number of thiazole rings is 1. The van der Waals surface area contributed by atoms with Gasteiger partial charge >= 0.3 is 0 Å². The molecule has 372 valence electrons. The Hall–Kier alpha value is -7.03. The molecule has 0 aliphatic carbocycles. The van der Waals surface area contributed by atoms with Gasteiger partial charge in [0.05, 0.1) is 58.0 Å². The van der Waals surface area contributed by atoms with E-state index in [0.717, 1.165) is 11.3 Å². The number of hydrogen-bond donors (Lipinski definition) is 4. The van der Waals surface area contributed by atoms with Crippen molar-refractivity contribution in [2.75, 3.05) is 31.0 Å². The van der Waals surface area contributed by atoms with Gasteiger partial charge in [0.1, 0.15) is 39.2 Å². The number of pyridine rings is 1. The predicted molar refractivity (Wildman–Crippen MR) is 270 cm³/mol. The lowest BCUT2D eigenvalue weighted by atomic mass is 10.1. The number of aromatic nitrogens is 3. The van der Waals surface area contributed by atoms with E-state index in [1.54, 1.807) is 81.4 Å². The van der Waals surface area contributed by atoms with Crippen molar-refractivity contribution in [2.45, 2.75) is 43.4 Å². The van der Waals surface area contributed by atoms with Crippen molar-refractivity contribution >= 4 is 125 Å². The Morgan fingerprint density at radius 1 is 0.778 bits per heavy atom. The van der Waals surface area contributed by atoms with Crippen LogP contribution in [0.3, 0.4) is 0 Å². The molecule has 0 fully saturated rings. The fraction of sp³-hybridized carbons (Fsp3) is 0.222. The van der Waals surface area contributed by atoms with Gasteiger partial charge in [-0.25, -0.2) is 9.97 Å². The van der Waals surface area contributed by atoms with E-state index in [-0.39, 0.29) is 86.2 Å². The van der Waals surface area contributed by atoms with Gasteiger partial charge in [0.25, 0.3) is 30.4 Å². The Balaban J connectivity index is 1.16. The molecule has 4 N–H and O–H groups in total. The first-order chi connectivity index (χ1) is 34.1. The molecule has 0 amide bonds. The number of hydrogen-bond acceptors (Lipinski definition) is 20. The number of nitrogens with zero attached hydrogens (tertiary/aromatic N) is 10. The van der Waals surface area contributed by atoms with Crippen LogP contribution < -0.4 is 9.47 Å². The molecule has 3 heterocycles. The molecule has 0 aliphatic heterocycles. The zero-order valence-electron chi connectivity index (χ0n) is 38.2. The Labute approximate surface area is 419 Å². The number of ether oxygens (including phenoxy) is 2. The highest BCUT2D eigenvalue weighted by Crippen LogP contribution is 2.44. The van der Waals surface area contributed by atoms with E-state index in [9.17, 15) is 49.3 Å². The fourth-order valence-electron chi connectivity index (χ4n) is 7.40. The molecular formula is C45H40N10O12S5. The van der Waals surface area contributed by atoms with E-state index in [4.69, 9.17) is 9.47 Å². The number of imidazole rings is 1. The summed E-state index contributed by atoms with van der Waals surface area (Å²) < 4.78 is 113. The van der Waals surface area contributed by atoms with Gasteiger partial charge in [0, 0.05) is 28.0 Å². The smallest absolute Gasteiger partial charge is 0.296 e. The Kier molecular flexibility index (Phi) is 14.7. The average molecular weight is 1070 g/mol. The Bertz CT molecular complexity index is 3980. The van der Waals surface area contributed by atoms with Gasteiger partial charge in [-0.3, -0.25) is 18.1 Å². The summed E-state index contributed by atoms with van der Waals surface area (Å²) in [5.41, 5.74) is 3.61. The molecule has 5 aromatic carbocycles. The summed E-state index contributed by atoms with van der Waals surface area (Å²) in [5.74, 6) is -0.702. The average Bonchev–Trinajstić information content (AvgIpc) is 3.93. The molecule has 22 nitrogen and oxygen atoms in total. The van der Waals surface area contributed by atoms with Crippen LogP contribution >= 0.6 is 23.1 Å². The van der Waals surface area contributed by atoms with Gasteiger partial charge in [-0.15, -0.1) is 37.3 Å². The summed E-state index contributed by atoms with van der Waals surface area (Å²) in [6.07, 6.45) is -0.0351. The van der Waals surface area contributed by atoms with E-state index in [1.165, 1.54) is 35.4 Å². The maximum Gasteiger partial charge on any atom is 0.296 e. The summed E-state index contributed by atoms with van der Waals surface area (Å²) in [6, 6.07) is 21.9. The number of benzene rings is 5. The first-order valence-corrected chi connectivity index (χ1v) is 27.7. The van der Waals surface area contributed by atoms with Gasteiger partial charge in [0.15, 0.2) is 11.3 Å². The number of nitriles is 1. The van der Waals surface area contributed by atoms with Crippen LogP contribution in [0.15, 0.2) is 113 Å². The third-order valence-corrected chi connectivity index (χ3v) is 15.5. The van der Waals surface area contributed by atoms with Crippen LogP contribution in [0.1, 0.15) is 35.1 Å². The van der Waals surface area contributed by atoms with Crippen molar-refractivity contribution < 1.29 is 53.5 Å². The maximum absolute atomic E-state index is 12.4. The molecule has 8 aromatic rings. The van der Waals surface area contributed by atoms with Crippen molar-refractivity contribution in [1.82, 2.24) is 14.4 Å². The molecule has 0 radical (unpaired) electrons. The molecule has 0 spiro atoms. The van der Waals surface area contributed by atoms with Gasteiger partial charge in [-0.05, 0) is 92.3 Å². The van der Waals surface area contributed by atoms with E-state index in [0.29, 0.717) is 59.7 Å². The van der Waals surface area contributed by atoms with Crippen molar-refractivity contribution in [3.8, 4) is 23.4 Å². The fourth-order valence-corrected chi connectivity index (χ4v) is 11.2. The lowest BCUT2D eigenvalue weighted by Crippen LogP contribution is -2.08. The normalized spacial score (nSPS) is 12.7. The van der Waals surface area contributed by atoms with Gasteiger partial charge in [-0.2, -0.15) is 35.6 Å². The van der Waals surface area contributed by atoms with Crippen LogP contribution in [0.5, 0.6) is 17.4 Å². The van der Waals surface area contributed by atoms with Crippen molar-refractivity contribution in [2.24, 2.45) is 30.7 Å². The van der Waals surface area contributed by atoms with Crippen LogP contribution in [0, 0.1) is 32.1 Å². The number of azo groups is 3. The van der Waals surface area contributed by atoms with Gasteiger partial charge < -0.3 is 14.6 Å². The standard InChI is InChI=1S/C45H40N10O12S5/c1-24-17-34(51-53-40-26(3)30(23-46)43-47-31-12-11-28(66-4)20-36(31)55(43)44(40)56)37(67-13-7-15-70(57,58)59)21-32(24)49-52-35-18-25(2)33(22-38(35)68-14-8-16-71(60,61)62)50-54-45-48-41-39(72(63,64)65)19-27-9-5-6-10-29(27)42(41)69-45/h5-6,9-12,17-22,56H,7-8,13-16H2,1-4H3,(H,57,58,59)(H,60,61,62)(H,63,64,65). The van der Waals surface area contributed by atoms with Crippen LogP contribution in [0.25, 0.3) is 37.7 Å². The Morgan fingerprint density at radius 3 is 2.15 bits per heavy atom. The minimum absolute atomic E-state index is 0.0299. The highest BCUT2D eigenvalue weighted by atomic mass is 32.2. The highest BCUT2D eigenvalue weighted by Gasteiger charge is 2.23. The molecule has 0 atom stereocenters. The summed E-state index contributed by atoms with van der Waals surface area (Å²) in [6.45, 7) is 4.82. The molecule has 0 bridgehead atoms. The molecule has 8 rings (SSSR count). The number of aromatic hydroxyl groups is 1. The number of thioether (sulfide) groups is 1. The quantitative estimate of drug-likeness (QED) is 0.0268. The first-order valence-electron chi connectivity index (χ1n) is 21.2. The molecule has 0 saturated carbocycles. The van der Waals surface area contributed by atoms with Crippen molar-refractivity contribution in [1.29, 1.82) is 5.26 Å². The maximum atomic E-state index is 12.4. The Morgan fingerprint density at radius 2 is 1.44 bits per heavy atom. The second kappa shape index (κ2) is 20.6. The molecule has 0 saturated heterocycles. The summed E-state index contributed by atoms with van der Waals surface area (Å²) in [5, 5.41) is 49.7. The second-order valence-corrected chi connectivity index (χ2v) is 22.6. The van der Waals surface area contributed by atoms with Crippen molar-refractivity contribution in [3.05, 3.63) is 95.1 Å². The van der Waals surface area contributed by atoms with Crippen molar-refractivity contribution in [3.63, 3.8) is 0 Å². The lowest BCUT2D eigenvalue weighted by Gasteiger charge is -2.12.